The molecule has 1 N–H and O–H groups in total. The third-order valence-electron chi connectivity index (χ3n) is 5.13. The van der Waals surface area contributed by atoms with Gasteiger partial charge in [-0.15, -0.1) is 0 Å². The van der Waals surface area contributed by atoms with E-state index >= 15 is 0 Å². The fourth-order valence-corrected chi connectivity index (χ4v) is 3.66. The number of hydrogen-bond acceptors (Lipinski definition) is 4. The second-order valence-corrected chi connectivity index (χ2v) is 7.39. The molecule has 0 aliphatic rings. The zero-order chi connectivity index (χ0) is 21.3. The Hall–Kier alpha value is -3.45. The van der Waals surface area contributed by atoms with Gasteiger partial charge in [0.1, 0.15) is 17.0 Å². The van der Waals surface area contributed by atoms with Crippen molar-refractivity contribution in [1.82, 2.24) is 14.0 Å². The number of aryl methyl sites for hydroxylation is 3. The van der Waals surface area contributed by atoms with E-state index in [1.165, 1.54) is 4.40 Å². The Balaban J connectivity index is 1.86. The number of methoxy groups -OCH3 is 1. The molecule has 0 atom stereocenters. The summed E-state index contributed by atoms with van der Waals surface area (Å²) < 4.78 is 8.51. The lowest BCUT2D eigenvalue weighted by Gasteiger charge is -2.11. The summed E-state index contributed by atoms with van der Waals surface area (Å²) in [5.74, 6) is -0.277. The van der Waals surface area contributed by atoms with Crippen LogP contribution < -0.4 is 10.9 Å². The van der Waals surface area contributed by atoms with Gasteiger partial charge in [-0.25, -0.2) is 4.98 Å². The average Bonchev–Trinajstić information content (AvgIpc) is 3.08. The Labute approximate surface area is 173 Å². The van der Waals surface area contributed by atoms with Crippen LogP contribution >= 0.6 is 0 Å². The molecule has 0 saturated heterocycles. The van der Waals surface area contributed by atoms with E-state index in [1.807, 2.05) is 54.8 Å². The summed E-state index contributed by atoms with van der Waals surface area (Å²) in [7, 11) is 1.64. The Kier molecular flexibility index (Phi) is 5.37. The molecule has 3 heterocycles. The standard InChI is InChI=1S/C23H24N4O3/c1-15-7-4-9-17(13-15)24-22(28)19-14-18-21(26(19)11-6-12-30-3)25-20-16(2)8-5-10-27(20)23(18)29/h4-5,7-10,13-14H,6,11-12H2,1-3H3,(H,24,28). The zero-order valence-electron chi connectivity index (χ0n) is 17.3. The molecule has 0 aliphatic heterocycles. The minimum absolute atomic E-state index is 0.186. The number of fused-ring (bicyclic) bond motifs is 2. The van der Waals surface area contributed by atoms with Crippen LogP contribution in [0.1, 0.15) is 28.0 Å². The van der Waals surface area contributed by atoms with Crippen LogP contribution in [0.4, 0.5) is 5.69 Å². The molecule has 0 radical (unpaired) electrons. The molecule has 0 aliphatic carbocycles. The molecule has 1 aromatic carbocycles. The second kappa shape index (κ2) is 8.12. The van der Waals surface area contributed by atoms with Gasteiger partial charge >= 0.3 is 0 Å². The number of nitrogens with one attached hydrogen (secondary N) is 1. The van der Waals surface area contributed by atoms with Crippen LogP contribution in [0.25, 0.3) is 16.7 Å². The lowest BCUT2D eigenvalue weighted by atomic mass is 10.2. The number of nitrogens with zero attached hydrogens (tertiary/aromatic N) is 3. The fourth-order valence-electron chi connectivity index (χ4n) is 3.66. The van der Waals surface area contributed by atoms with Gasteiger partial charge in [0.15, 0.2) is 0 Å². The Bertz CT molecular complexity index is 1300. The number of aromatic nitrogens is 3. The minimum atomic E-state index is -0.277. The quantitative estimate of drug-likeness (QED) is 0.499. The van der Waals surface area contributed by atoms with Crippen molar-refractivity contribution in [2.75, 3.05) is 19.0 Å². The molecule has 7 nitrogen and oxygen atoms in total. The first-order chi connectivity index (χ1) is 14.5. The molecule has 0 unspecified atom stereocenters. The molecule has 4 aromatic rings. The molecule has 3 aromatic heterocycles. The van der Waals surface area contributed by atoms with Crippen molar-refractivity contribution in [3.8, 4) is 0 Å². The lowest BCUT2D eigenvalue weighted by Crippen LogP contribution is -2.18. The molecule has 0 spiro atoms. The normalized spacial score (nSPS) is 11.3. The van der Waals surface area contributed by atoms with Crippen molar-refractivity contribution < 1.29 is 9.53 Å². The van der Waals surface area contributed by atoms with E-state index < -0.39 is 0 Å². The summed E-state index contributed by atoms with van der Waals surface area (Å²) in [5.41, 5.74) is 3.97. The van der Waals surface area contributed by atoms with Gasteiger partial charge in [0.2, 0.25) is 0 Å². The first kappa shape index (κ1) is 19.8. The minimum Gasteiger partial charge on any atom is -0.385 e. The zero-order valence-corrected chi connectivity index (χ0v) is 17.3. The lowest BCUT2D eigenvalue weighted by molar-refractivity contribution is 0.101. The van der Waals surface area contributed by atoms with E-state index in [4.69, 9.17) is 9.72 Å². The molecule has 30 heavy (non-hydrogen) atoms. The van der Waals surface area contributed by atoms with Crippen LogP contribution in [-0.2, 0) is 11.3 Å². The van der Waals surface area contributed by atoms with Gasteiger partial charge in [-0.05, 0) is 55.7 Å². The number of anilines is 1. The third-order valence-corrected chi connectivity index (χ3v) is 5.13. The van der Waals surface area contributed by atoms with Crippen LogP contribution in [0.3, 0.4) is 0 Å². The Morgan fingerprint density at radius 3 is 2.73 bits per heavy atom. The first-order valence-corrected chi connectivity index (χ1v) is 9.88. The van der Waals surface area contributed by atoms with E-state index in [0.717, 1.165) is 11.1 Å². The number of benzene rings is 1. The molecule has 4 rings (SSSR count). The molecule has 7 heteroatoms. The predicted molar refractivity (Wildman–Crippen MR) is 117 cm³/mol. The van der Waals surface area contributed by atoms with Gasteiger partial charge in [0.25, 0.3) is 11.5 Å². The first-order valence-electron chi connectivity index (χ1n) is 9.88. The van der Waals surface area contributed by atoms with E-state index in [1.54, 1.807) is 19.4 Å². The van der Waals surface area contributed by atoms with Crippen molar-refractivity contribution in [3.63, 3.8) is 0 Å². The van der Waals surface area contributed by atoms with Crippen LogP contribution in [-0.4, -0.2) is 33.6 Å². The monoisotopic (exact) mass is 404 g/mol. The van der Waals surface area contributed by atoms with Crippen molar-refractivity contribution in [2.24, 2.45) is 0 Å². The maximum atomic E-state index is 13.1. The van der Waals surface area contributed by atoms with E-state index in [2.05, 4.69) is 5.32 Å². The maximum Gasteiger partial charge on any atom is 0.272 e. The van der Waals surface area contributed by atoms with Crippen molar-refractivity contribution in [3.05, 3.63) is 75.8 Å². The third kappa shape index (κ3) is 3.59. The number of amides is 1. The largest absolute Gasteiger partial charge is 0.385 e. The van der Waals surface area contributed by atoms with E-state index in [9.17, 15) is 9.59 Å². The summed E-state index contributed by atoms with van der Waals surface area (Å²) in [6, 6.07) is 13.0. The van der Waals surface area contributed by atoms with Gasteiger partial charge in [-0.2, -0.15) is 0 Å². The summed E-state index contributed by atoms with van der Waals surface area (Å²) in [6.45, 7) is 4.94. The molecular weight excluding hydrogens is 380 g/mol. The second-order valence-electron chi connectivity index (χ2n) is 7.39. The molecule has 0 bridgehead atoms. The molecule has 1 amide bonds. The van der Waals surface area contributed by atoms with Crippen LogP contribution in [0, 0.1) is 13.8 Å². The smallest absolute Gasteiger partial charge is 0.272 e. The van der Waals surface area contributed by atoms with Gasteiger partial charge in [-0.1, -0.05) is 18.2 Å². The van der Waals surface area contributed by atoms with Crippen LogP contribution in [0.15, 0.2) is 53.5 Å². The molecular formula is C23H24N4O3. The fraction of sp³-hybridized carbons (Fsp3) is 0.261. The number of hydrogen-bond donors (Lipinski definition) is 1. The van der Waals surface area contributed by atoms with Gasteiger partial charge < -0.3 is 14.6 Å². The highest BCUT2D eigenvalue weighted by Gasteiger charge is 2.20. The highest BCUT2D eigenvalue weighted by Crippen LogP contribution is 2.20. The van der Waals surface area contributed by atoms with E-state index in [0.29, 0.717) is 47.6 Å². The highest BCUT2D eigenvalue weighted by molar-refractivity contribution is 6.06. The number of carbonyl (C=O) groups excluding carboxylic acids is 1. The van der Waals surface area contributed by atoms with Crippen molar-refractivity contribution >= 4 is 28.3 Å². The van der Waals surface area contributed by atoms with Gasteiger partial charge in [0, 0.05) is 32.1 Å². The molecule has 0 fully saturated rings. The topological polar surface area (TPSA) is 77.6 Å². The SMILES string of the molecule is COCCCn1c(C(=O)Nc2cccc(C)c2)cc2c(=O)n3cccc(C)c3nc21. The number of carbonyl (C=O) groups is 1. The van der Waals surface area contributed by atoms with Gasteiger partial charge in [-0.3, -0.25) is 14.0 Å². The van der Waals surface area contributed by atoms with Crippen molar-refractivity contribution in [1.29, 1.82) is 0 Å². The average molecular weight is 404 g/mol. The highest BCUT2D eigenvalue weighted by atomic mass is 16.5. The molecule has 154 valence electrons. The number of rotatable bonds is 6. The van der Waals surface area contributed by atoms with Crippen LogP contribution in [0.2, 0.25) is 0 Å². The Morgan fingerprint density at radius 2 is 1.97 bits per heavy atom. The number of ether oxygens (including phenoxy) is 1. The summed E-state index contributed by atoms with van der Waals surface area (Å²) in [4.78, 5) is 31.0. The summed E-state index contributed by atoms with van der Waals surface area (Å²) >= 11 is 0. The molecule has 0 saturated carbocycles. The maximum absolute atomic E-state index is 13.1. The van der Waals surface area contributed by atoms with Crippen molar-refractivity contribution in [2.45, 2.75) is 26.8 Å². The summed E-state index contributed by atoms with van der Waals surface area (Å²) in [5, 5.41) is 3.36. The van der Waals surface area contributed by atoms with Gasteiger partial charge in [0.05, 0.1) is 5.39 Å². The Morgan fingerprint density at radius 1 is 1.13 bits per heavy atom. The number of pyridine rings is 1. The summed E-state index contributed by atoms with van der Waals surface area (Å²) in [6.07, 6.45) is 2.39. The van der Waals surface area contributed by atoms with Crippen LogP contribution in [0.5, 0.6) is 0 Å². The predicted octanol–water partition coefficient (Wildman–Crippen LogP) is 3.55. The van der Waals surface area contributed by atoms with E-state index in [-0.39, 0.29) is 11.5 Å².